The number of aryl methyl sites for hydroxylation is 2. The molecule has 1 fully saturated rings. The number of amides is 1. The van der Waals surface area contributed by atoms with Crippen LogP contribution in [0.1, 0.15) is 21.5 Å². The first kappa shape index (κ1) is 21.2. The molecule has 1 saturated heterocycles. The van der Waals surface area contributed by atoms with Gasteiger partial charge >= 0.3 is 6.61 Å². The molecule has 0 N–H and O–H groups in total. The Labute approximate surface area is 168 Å². The van der Waals surface area contributed by atoms with E-state index in [4.69, 9.17) is 0 Å². The van der Waals surface area contributed by atoms with Crippen LogP contribution in [0.5, 0.6) is 5.75 Å². The monoisotopic (exact) mass is 424 g/mol. The van der Waals surface area contributed by atoms with Crippen LogP contribution >= 0.6 is 0 Å². The molecule has 0 unspecified atom stereocenters. The Balaban J connectivity index is 1.74. The first-order valence-electron chi connectivity index (χ1n) is 9.10. The summed E-state index contributed by atoms with van der Waals surface area (Å²) >= 11 is 0. The van der Waals surface area contributed by atoms with E-state index in [0.29, 0.717) is 5.56 Å². The highest BCUT2D eigenvalue weighted by molar-refractivity contribution is 7.89. The van der Waals surface area contributed by atoms with Gasteiger partial charge in [-0.25, -0.2) is 8.42 Å². The topological polar surface area (TPSA) is 66.9 Å². The Hall–Kier alpha value is -2.52. The summed E-state index contributed by atoms with van der Waals surface area (Å²) in [6.45, 7) is 1.10. The third-order valence-corrected chi connectivity index (χ3v) is 6.86. The molecule has 3 rings (SSSR count). The number of carbonyl (C=O) groups excluding carboxylic acids is 1. The Morgan fingerprint density at radius 1 is 1.03 bits per heavy atom. The number of hydrogen-bond acceptors (Lipinski definition) is 4. The maximum Gasteiger partial charge on any atom is 0.387 e. The largest absolute Gasteiger partial charge is 0.434 e. The summed E-state index contributed by atoms with van der Waals surface area (Å²) in [6, 6.07) is 11.0. The van der Waals surface area contributed by atoms with Gasteiger partial charge in [0.25, 0.3) is 5.91 Å². The summed E-state index contributed by atoms with van der Waals surface area (Å²) in [6.07, 6.45) is 0. The molecule has 0 bridgehead atoms. The van der Waals surface area contributed by atoms with Gasteiger partial charge < -0.3 is 9.64 Å². The first-order chi connectivity index (χ1) is 13.7. The lowest BCUT2D eigenvalue weighted by molar-refractivity contribution is -0.0503. The number of sulfonamides is 1. The normalized spacial score (nSPS) is 15.6. The summed E-state index contributed by atoms with van der Waals surface area (Å²) < 4.78 is 57.0. The Morgan fingerprint density at radius 3 is 2.34 bits per heavy atom. The summed E-state index contributed by atoms with van der Waals surface area (Å²) in [7, 11) is -3.68. The molecule has 0 aliphatic carbocycles. The lowest BCUT2D eigenvalue weighted by Crippen LogP contribution is -2.50. The average molecular weight is 424 g/mol. The number of hydrogen-bond donors (Lipinski definition) is 0. The van der Waals surface area contributed by atoms with E-state index in [9.17, 15) is 22.0 Å². The molecule has 6 nitrogen and oxygen atoms in total. The molecular formula is C20H22F2N2O4S. The molecule has 1 aliphatic rings. The number of benzene rings is 2. The number of piperazine rings is 1. The lowest BCUT2D eigenvalue weighted by atomic mass is 10.1. The van der Waals surface area contributed by atoms with E-state index in [0.717, 1.165) is 5.56 Å². The second-order valence-electron chi connectivity index (χ2n) is 6.84. The number of halogens is 2. The first-order valence-corrected chi connectivity index (χ1v) is 10.5. The molecular weight excluding hydrogens is 402 g/mol. The van der Waals surface area contributed by atoms with Crippen LogP contribution in [0.2, 0.25) is 0 Å². The molecule has 1 amide bonds. The fraction of sp³-hybridized carbons (Fsp3) is 0.350. The van der Waals surface area contributed by atoms with E-state index < -0.39 is 22.5 Å². The highest BCUT2D eigenvalue weighted by Gasteiger charge is 2.32. The SMILES string of the molecule is Cc1ccc(C)c(S(=O)(=O)N2CCN(C(=O)c3ccccc3OC(F)F)CC2)c1. The predicted octanol–water partition coefficient (Wildman–Crippen LogP) is 3.05. The molecule has 0 spiro atoms. The van der Waals surface area contributed by atoms with Crippen molar-refractivity contribution in [1.29, 1.82) is 0 Å². The molecule has 9 heteroatoms. The second kappa shape index (κ2) is 8.46. The Morgan fingerprint density at radius 2 is 1.69 bits per heavy atom. The average Bonchev–Trinajstić information content (AvgIpc) is 2.69. The van der Waals surface area contributed by atoms with E-state index in [1.807, 2.05) is 13.0 Å². The van der Waals surface area contributed by atoms with Gasteiger partial charge in [-0.05, 0) is 43.2 Å². The zero-order valence-corrected chi connectivity index (χ0v) is 17.0. The Bertz CT molecular complexity index is 1000. The smallest absolute Gasteiger partial charge is 0.387 e. The number of nitrogens with zero attached hydrogens (tertiary/aromatic N) is 2. The van der Waals surface area contributed by atoms with Crippen LogP contribution in [0.4, 0.5) is 8.78 Å². The maximum absolute atomic E-state index is 13.0. The van der Waals surface area contributed by atoms with Crippen molar-refractivity contribution in [2.75, 3.05) is 26.2 Å². The maximum atomic E-state index is 13.0. The van der Waals surface area contributed by atoms with E-state index in [1.54, 1.807) is 25.1 Å². The number of para-hydroxylation sites is 1. The van der Waals surface area contributed by atoms with Crippen molar-refractivity contribution in [3.8, 4) is 5.75 Å². The van der Waals surface area contributed by atoms with Crippen LogP contribution in [0.25, 0.3) is 0 Å². The molecule has 0 radical (unpaired) electrons. The van der Waals surface area contributed by atoms with Gasteiger partial charge in [-0.15, -0.1) is 0 Å². The van der Waals surface area contributed by atoms with Gasteiger partial charge in [-0.1, -0.05) is 24.3 Å². The zero-order valence-electron chi connectivity index (χ0n) is 16.1. The van der Waals surface area contributed by atoms with E-state index in [-0.39, 0.29) is 42.4 Å². The minimum atomic E-state index is -3.68. The summed E-state index contributed by atoms with van der Waals surface area (Å²) in [4.78, 5) is 14.5. The van der Waals surface area contributed by atoms with Crippen LogP contribution in [-0.4, -0.2) is 56.3 Å². The minimum Gasteiger partial charge on any atom is -0.434 e. The van der Waals surface area contributed by atoms with Crippen LogP contribution in [-0.2, 0) is 10.0 Å². The van der Waals surface area contributed by atoms with Gasteiger partial charge in [0, 0.05) is 26.2 Å². The van der Waals surface area contributed by atoms with E-state index >= 15 is 0 Å². The predicted molar refractivity (Wildman–Crippen MR) is 104 cm³/mol. The van der Waals surface area contributed by atoms with Gasteiger partial charge in [0.15, 0.2) is 0 Å². The highest BCUT2D eigenvalue weighted by atomic mass is 32.2. The third kappa shape index (κ3) is 4.56. The number of carbonyl (C=O) groups is 1. The van der Waals surface area contributed by atoms with Crippen molar-refractivity contribution in [2.45, 2.75) is 25.4 Å². The van der Waals surface area contributed by atoms with Crippen molar-refractivity contribution in [3.05, 3.63) is 59.2 Å². The number of rotatable bonds is 5. The fourth-order valence-electron chi connectivity index (χ4n) is 3.27. The van der Waals surface area contributed by atoms with Crippen LogP contribution < -0.4 is 4.74 Å². The van der Waals surface area contributed by atoms with Gasteiger partial charge in [-0.2, -0.15) is 13.1 Å². The summed E-state index contributed by atoms with van der Waals surface area (Å²) in [5.74, 6) is -0.664. The van der Waals surface area contributed by atoms with Gasteiger partial charge in [0.2, 0.25) is 10.0 Å². The standard InChI is InChI=1S/C20H22F2N2O4S/c1-14-7-8-15(2)18(13-14)29(26,27)24-11-9-23(10-12-24)19(25)16-5-3-4-6-17(16)28-20(21)22/h3-8,13,20H,9-12H2,1-2H3. The fourth-order valence-corrected chi connectivity index (χ4v) is 5.00. The second-order valence-corrected chi connectivity index (χ2v) is 8.75. The lowest BCUT2D eigenvalue weighted by Gasteiger charge is -2.34. The van der Waals surface area contributed by atoms with Crippen molar-refractivity contribution >= 4 is 15.9 Å². The third-order valence-electron chi connectivity index (χ3n) is 4.82. The molecule has 1 heterocycles. The van der Waals surface area contributed by atoms with Gasteiger partial charge in [0.1, 0.15) is 5.75 Å². The number of ether oxygens (including phenoxy) is 1. The highest BCUT2D eigenvalue weighted by Crippen LogP contribution is 2.25. The number of alkyl halides is 2. The van der Waals surface area contributed by atoms with Crippen molar-refractivity contribution in [3.63, 3.8) is 0 Å². The van der Waals surface area contributed by atoms with Gasteiger partial charge in [0.05, 0.1) is 10.5 Å². The van der Waals surface area contributed by atoms with Crippen LogP contribution in [0.15, 0.2) is 47.4 Å². The molecule has 156 valence electrons. The van der Waals surface area contributed by atoms with Crippen molar-refractivity contribution in [1.82, 2.24) is 9.21 Å². The summed E-state index contributed by atoms with van der Waals surface area (Å²) in [5.41, 5.74) is 1.53. The molecule has 2 aromatic carbocycles. The van der Waals surface area contributed by atoms with Gasteiger partial charge in [-0.3, -0.25) is 4.79 Å². The van der Waals surface area contributed by atoms with E-state index in [1.165, 1.54) is 27.4 Å². The van der Waals surface area contributed by atoms with Crippen LogP contribution in [0.3, 0.4) is 0 Å². The van der Waals surface area contributed by atoms with E-state index in [2.05, 4.69) is 4.74 Å². The zero-order chi connectivity index (χ0) is 21.2. The summed E-state index contributed by atoms with van der Waals surface area (Å²) in [5, 5.41) is 0. The molecule has 0 aromatic heterocycles. The molecule has 0 saturated carbocycles. The molecule has 0 atom stereocenters. The Kier molecular flexibility index (Phi) is 6.18. The van der Waals surface area contributed by atoms with Crippen molar-refractivity contribution in [2.24, 2.45) is 0 Å². The van der Waals surface area contributed by atoms with Crippen LogP contribution in [0, 0.1) is 13.8 Å². The van der Waals surface area contributed by atoms with Crippen molar-refractivity contribution < 1.29 is 26.7 Å². The molecule has 1 aliphatic heterocycles. The minimum absolute atomic E-state index is 0.0265. The molecule has 2 aromatic rings. The molecule has 29 heavy (non-hydrogen) atoms. The quantitative estimate of drug-likeness (QED) is 0.740.